The summed E-state index contributed by atoms with van der Waals surface area (Å²) in [6, 6.07) is 3.67. The van der Waals surface area contributed by atoms with E-state index in [2.05, 4.69) is 27.5 Å². The zero-order valence-electron chi connectivity index (χ0n) is 10.3. The van der Waals surface area contributed by atoms with Crippen LogP contribution in [0.4, 0.5) is 5.69 Å². The second-order valence-corrected chi connectivity index (χ2v) is 6.19. The van der Waals surface area contributed by atoms with E-state index in [0.717, 1.165) is 12.0 Å². The van der Waals surface area contributed by atoms with E-state index in [1.54, 1.807) is 11.3 Å². The summed E-state index contributed by atoms with van der Waals surface area (Å²) in [4.78, 5) is 0. The summed E-state index contributed by atoms with van der Waals surface area (Å²) in [5.74, 6) is 0.839. The SMILES string of the molecule is c1cc(NC2CCCCC2C2CCCN2)cs1. The molecule has 17 heavy (non-hydrogen) atoms. The van der Waals surface area contributed by atoms with E-state index in [9.17, 15) is 0 Å². The average molecular weight is 250 g/mol. The van der Waals surface area contributed by atoms with Crippen molar-refractivity contribution in [3.63, 3.8) is 0 Å². The zero-order chi connectivity index (χ0) is 11.5. The molecule has 0 spiro atoms. The van der Waals surface area contributed by atoms with Crippen LogP contribution in [0.1, 0.15) is 38.5 Å². The van der Waals surface area contributed by atoms with Crippen molar-refractivity contribution in [2.24, 2.45) is 5.92 Å². The molecule has 0 radical (unpaired) electrons. The molecule has 1 aliphatic carbocycles. The molecular weight excluding hydrogens is 228 g/mol. The van der Waals surface area contributed by atoms with Crippen molar-refractivity contribution in [3.05, 3.63) is 16.8 Å². The molecule has 1 saturated heterocycles. The molecule has 94 valence electrons. The molecule has 3 unspecified atom stereocenters. The Hall–Kier alpha value is -0.540. The Bertz CT molecular complexity index is 330. The molecule has 0 bridgehead atoms. The average Bonchev–Trinajstić information content (AvgIpc) is 3.01. The van der Waals surface area contributed by atoms with Crippen molar-refractivity contribution in [2.75, 3.05) is 11.9 Å². The first-order valence-electron chi connectivity index (χ1n) is 6.95. The molecule has 2 aliphatic rings. The van der Waals surface area contributed by atoms with Crippen LogP contribution in [0.15, 0.2) is 16.8 Å². The summed E-state index contributed by atoms with van der Waals surface area (Å²) >= 11 is 1.78. The van der Waals surface area contributed by atoms with Crippen molar-refractivity contribution in [3.8, 4) is 0 Å². The van der Waals surface area contributed by atoms with Gasteiger partial charge in [0.1, 0.15) is 0 Å². The fraction of sp³-hybridized carbons (Fsp3) is 0.714. The second-order valence-electron chi connectivity index (χ2n) is 5.41. The fourth-order valence-corrected chi connectivity index (χ4v) is 4.05. The first-order chi connectivity index (χ1) is 8.43. The Morgan fingerprint density at radius 3 is 2.88 bits per heavy atom. The van der Waals surface area contributed by atoms with Crippen LogP contribution in [-0.2, 0) is 0 Å². The maximum atomic E-state index is 3.76. The predicted molar refractivity (Wildman–Crippen MR) is 74.7 cm³/mol. The van der Waals surface area contributed by atoms with E-state index in [-0.39, 0.29) is 0 Å². The third-order valence-electron chi connectivity index (χ3n) is 4.31. The third kappa shape index (κ3) is 2.66. The predicted octanol–water partition coefficient (Wildman–Crippen LogP) is 3.47. The van der Waals surface area contributed by atoms with Crippen molar-refractivity contribution in [1.82, 2.24) is 5.32 Å². The number of nitrogens with one attached hydrogen (secondary N) is 2. The van der Waals surface area contributed by atoms with Gasteiger partial charge in [-0.15, -0.1) is 0 Å². The van der Waals surface area contributed by atoms with E-state index in [1.807, 2.05) is 0 Å². The van der Waals surface area contributed by atoms with Crippen LogP contribution in [-0.4, -0.2) is 18.6 Å². The van der Waals surface area contributed by atoms with Crippen LogP contribution in [0.3, 0.4) is 0 Å². The van der Waals surface area contributed by atoms with E-state index >= 15 is 0 Å². The Morgan fingerprint density at radius 2 is 2.12 bits per heavy atom. The minimum atomic E-state index is 0.689. The minimum Gasteiger partial charge on any atom is -0.381 e. The molecule has 0 aromatic carbocycles. The summed E-state index contributed by atoms with van der Waals surface area (Å²) in [7, 11) is 0. The van der Waals surface area contributed by atoms with Gasteiger partial charge in [0.2, 0.25) is 0 Å². The molecule has 3 rings (SSSR count). The third-order valence-corrected chi connectivity index (χ3v) is 4.99. The van der Waals surface area contributed by atoms with Crippen LogP contribution in [0.25, 0.3) is 0 Å². The van der Waals surface area contributed by atoms with Gasteiger partial charge in [0, 0.05) is 23.2 Å². The second kappa shape index (κ2) is 5.40. The largest absolute Gasteiger partial charge is 0.381 e. The van der Waals surface area contributed by atoms with Crippen LogP contribution >= 0.6 is 11.3 Å². The first-order valence-corrected chi connectivity index (χ1v) is 7.90. The van der Waals surface area contributed by atoms with Gasteiger partial charge in [-0.25, -0.2) is 0 Å². The molecule has 2 nitrogen and oxygen atoms in total. The van der Waals surface area contributed by atoms with Gasteiger partial charge in [-0.05, 0) is 49.6 Å². The summed E-state index contributed by atoms with van der Waals surface area (Å²) in [6.45, 7) is 1.23. The minimum absolute atomic E-state index is 0.689. The zero-order valence-corrected chi connectivity index (χ0v) is 11.1. The molecule has 1 aromatic heterocycles. The van der Waals surface area contributed by atoms with E-state index < -0.39 is 0 Å². The molecule has 3 atom stereocenters. The van der Waals surface area contributed by atoms with Crippen molar-refractivity contribution >= 4 is 17.0 Å². The van der Waals surface area contributed by atoms with Crippen molar-refractivity contribution < 1.29 is 0 Å². The van der Waals surface area contributed by atoms with Gasteiger partial charge >= 0.3 is 0 Å². The van der Waals surface area contributed by atoms with Gasteiger partial charge in [-0.2, -0.15) is 11.3 Å². The molecule has 2 heterocycles. The molecule has 1 aromatic rings. The summed E-state index contributed by atoms with van der Waals surface area (Å²) in [6.07, 6.45) is 8.31. The van der Waals surface area contributed by atoms with E-state index in [0.29, 0.717) is 6.04 Å². The highest BCUT2D eigenvalue weighted by Gasteiger charge is 2.33. The molecule has 2 N–H and O–H groups in total. The van der Waals surface area contributed by atoms with Gasteiger partial charge < -0.3 is 10.6 Å². The van der Waals surface area contributed by atoms with Crippen LogP contribution < -0.4 is 10.6 Å². The summed E-state index contributed by atoms with van der Waals surface area (Å²) < 4.78 is 0. The lowest BCUT2D eigenvalue weighted by atomic mass is 9.79. The topological polar surface area (TPSA) is 24.1 Å². The van der Waals surface area contributed by atoms with Crippen molar-refractivity contribution in [2.45, 2.75) is 50.6 Å². The Labute approximate surface area is 108 Å². The van der Waals surface area contributed by atoms with Crippen LogP contribution in [0.5, 0.6) is 0 Å². The molecule has 1 saturated carbocycles. The first kappa shape index (κ1) is 11.5. The van der Waals surface area contributed by atoms with Crippen LogP contribution in [0, 0.1) is 5.92 Å². The van der Waals surface area contributed by atoms with E-state index in [1.165, 1.54) is 50.8 Å². The van der Waals surface area contributed by atoms with Crippen molar-refractivity contribution in [1.29, 1.82) is 0 Å². The molecule has 1 aliphatic heterocycles. The lowest BCUT2D eigenvalue weighted by molar-refractivity contribution is 0.263. The number of hydrogen-bond donors (Lipinski definition) is 2. The van der Waals surface area contributed by atoms with Crippen LogP contribution in [0.2, 0.25) is 0 Å². The number of thiophene rings is 1. The molecule has 3 heteroatoms. The number of rotatable bonds is 3. The summed E-state index contributed by atoms with van der Waals surface area (Å²) in [5.41, 5.74) is 1.32. The molecule has 0 amide bonds. The highest BCUT2D eigenvalue weighted by atomic mass is 32.1. The number of hydrogen-bond acceptors (Lipinski definition) is 3. The van der Waals surface area contributed by atoms with Gasteiger partial charge in [0.25, 0.3) is 0 Å². The van der Waals surface area contributed by atoms with Gasteiger partial charge in [0.15, 0.2) is 0 Å². The van der Waals surface area contributed by atoms with E-state index in [4.69, 9.17) is 0 Å². The maximum absolute atomic E-state index is 3.76. The molecular formula is C14H22N2S. The lowest BCUT2D eigenvalue weighted by Gasteiger charge is -2.36. The van der Waals surface area contributed by atoms with Gasteiger partial charge in [-0.1, -0.05) is 12.8 Å². The Morgan fingerprint density at radius 1 is 1.18 bits per heavy atom. The van der Waals surface area contributed by atoms with Gasteiger partial charge in [-0.3, -0.25) is 0 Å². The number of anilines is 1. The fourth-order valence-electron chi connectivity index (χ4n) is 3.46. The van der Waals surface area contributed by atoms with Gasteiger partial charge in [0.05, 0.1) is 0 Å². The maximum Gasteiger partial charge on any atom is 0.0451 e. The molecule has 2 fully saturated rings. The Balaban J connectivity index is 1.66. The highest BCUT2D eigenvalue weighted by molar-refractivity contribution is 7.08. The monoisotopic (exact) mass is 250 g/mol. The lowest BCUT2D eigenvalue weighted by Crippen LogP contribution is -2.43. The quantitative estimate of drug-likeness (QED) is 0.858. The smallest absolute Gasteiger partial charge is 0.0451 e. The standard InChI is InChI=1S/C14H22N2S/c1-2-5-14(16-11-7-9-17-10-11)12(4-1)13-6-3-8-15-13/h7,9-10,12-16H,1-6,8H2. The normalized spacial score (nSPS) is 33.8. The highest BCUT2D eigenvalue weighted by Crippen LogP contribution is 2.32. The summed E-state index contributed by atoms with van der Waals surface area (Å²) in [5, 5.41) is 11.8. The Kier molecular flexibility index (Phi) is 3.67.